The van der Waals surface area contributed by atoms with Gasteiger partial charge in [0.2, 0.25) is 0 Å². The molecule has 27 heavy (non-hydrogen) atoms. The molecule has 0 radical (unpaired) electrons. The summed E-state index contributed by atoms with van der Waals surface area (Å²) in [6, 6.07) is 1.90. The van der Waals surface area contributed by atoms with Gasteiger partial charge >= 0.3 is 6.61 Å². The SMILES string of the molecule is N#CC1=CN2C[C@@]3(CC[C@H](F)C4=C(F)C(Br)CC=C43)N=C2C(OC(F)F)=C1. The van der Waals surface area contributed by atoms with Gasteiger partial charge in [-0.2, -0.15) is 14.0 Å². The lowest BCUT2D eigenvalue weighted by atomic mass is 9.71. The summed E-state index contributed by atoms with van der Waals surface area (Å²) in [5, 5.41) is 9.16. The van der Waals surface area contributed by atoms with Crippen LogP contribution in [0.4, 0.5) is 17.6 Å². The van der Waals surface area contributed by atoms with E-state index < -0.39 is 29.0 Å². The molecule has 142 valence electrons. The molecule has 2 aliphatic carbocycles. The van der Waals surface area contributed by atoms with E-state index in [0.29, 0.717) is 18.4 Å². The maximum absolute atomic E-state index is 14.6. The standard InChI is InChI=1S/C18H14BrF4N3O/c19-11-2-1-10-14(15(11)21)12(20)3-4-18(10)8-26-7-9(6-24)5-13(16(26)25-18)27-17(22)23/h1,5,7,11-12,17H,2-4,8H2/t11?,12-,18+/m0/s1. The minimum Gasteiger partial charge on any atom is -0.431 e. The van der Waals surface area contributed by atoms with Gasteiger partial charge in [-0.1, -0.05) is 22.0 Å². The molecule has 4 rings (SSSR count). The quantitative estimate of drug-likeness (QED) is 0.468. The third kappa shape index (κ3) is 2.90. The maximum atomic E-state index is 14.6. The Balaban J connectivity index is 1.79. The van der Waals surface area contributed by atoms with Gasteiger partial charge in [-0.15, -0.1) is 0 Å². The minimum absolute atomic E-state index is 0.00312. The molecule has 4 aliphatic rings. The number of hydrogen-bond acceptors (Lipinski definition) is 4. The van der Waals surface area contributed by atoms with Gasteiger partial charge in [-0.25, -0.2) is 8.78 Å². The highest BCUT2D eigenvalue weighted by Crippen LogP contribution is 2.50. The highest BCUT2D eigenvalue weighted by Gasteiger charge is 2.51. The molecule has 1 unspecified atom stereocenters. The molecule has 4 nitrogen and oxygen atoms in total. The average Bonchev–Trinajstić information content (AvgIpc) is 3.00. The first-order valence-corrected chi connectivity index (χ1v) is 9.30. The largest absolute Gasteiger partial charge is 0.431 e. The fourth-order valence-electron chi connectivity index (χ4n) is 4.03. The molecule has 0 aromatic carbocycles. The maximum Gasteiger partial charge on any atom is 0.387 e. The lowest BCUT2D eigenvalue weighted by Crippen LogP contribution is -2.43. The van der Waals surface area contributed by atoms with Crippen LogP contribution < -0.4 is 0 Å². The topological polar surface area (TPSA) is 48.6 Å². The van der Waals surface area contributed by atoms with Gasteiger partial charge < -0.3 is 9.64 Å². The second-order valence-electron chi connectivity index (χ2n) is 6.77. The van der Waals surface area contributed by atoms with E-state index in [1.807, 2.05) is 6.07 Å². The molecule has 2 heterocycles. The third-order valence-corrected chi connectivity index (χ3v) is 5.92. The molecular weight excluding hydrogens is 430 g/mol. The fourth-order valence-corrected chi connectivity index (χ4v) is 4.47. The molecule has 0 aromatic heterocycles. The van der Waals surface area contributed by atoms with E-state index in [9.17, 15) is 17.6 Å². The molecule has 1 spiro atoms. The monoisotopic (exact) mass is 443 g/mol. The van der Waals surface area contributed by atoms with Crippen LogP contribution >= 0.6 is 15.9 Å². The second-order valence-corrected chi connectivity index (χ2v) is 7.87. The Morgan fingerprint density at radius 3 is 2.93 bits per heavy atom. The molecule has 1 fully saturated rings. The van der Waals surface area contributed by atoms with Crippen LogP contribution in [0.25, 0.3) is 0 Å². The van der Waals surface area contributed by atoms with Gasteiger partial charge in [-0.05, 0) is 24.8 Å². The van der Waals surface area contributed by atoms with E-state index in [1.54, 1.807) is 11.0 Å². The minimum atomic E-state index is -3.08. The lowest BCUT2D eigenvalue weighted by molar-refractivity contribution is -0.0906. The van der Waals surface area contributed by atoms with Crippen molar-refractivity contribution in [3.63, 3.8) is 0 Å². The smallest absolute Gasteiger partial charge is 0.387 e. The highest BCUT2D eigenvalue weighted by atomic mass is 79.9. The summed E-state index contributed by atoms with van der Waals surface area (Å²) >= 11 is 3.21. The van der Waals surface area contributed by atoms with Crippen LogP contribution in [0.1, 0.15) is 19.3 Å². The first-order valence-electron chi connectivity index (χ1n) is 8.38. The van der Waals surface area contributed by atoms with E-state index in [2.05, 4.69) is 25.7 Å². The Labute approximate surface area is 161 Å². The van der Waals surface area contributed by atoms with Crippen LogP contribution in [0, 0.1) is 11.3 Å². The highest BCUT2D eigenvalue weighted by molar-refractivity contribution is 9.09. The van der Waals surface area contributed by atoms with Crippen LogP contribution in [0.2, 0.25) is 0 Å². The van der Waals surface area contributed by atoms with Crippen LogP contribution in [0.5, 0.6) is 0 Å². The summed E-state index contributed by atoms with van der Waals surface area (Å²) in [5.41, 5.74) is -0.354. The van der Waals surface area contributed by atoms with Crippen LogP contribution in [0.15, 0.2) is 51.6 Å². The third-order valence-electron chi connectivity index (χ3n) is 5.15. The number of nitriles is 1. The van der Waals surface area contributed by atoms with Gasteiger partial charge in [0.1, 0.15) is 23.6 Å². The van der Waals surface area contributed by atoms with Crippen molar-refractivity contribution in [2.45, 2.75) is 42.4 Å². The van der Waals surface area contributed by atoms with Gasteiger partial charge in [0.25, 0.3) is 0 Å². The Hall–Kier alpha value is -2.08. The number of halogens is 5. The molecular formula is C18H14BrF4N3O. The zero-order chi connectivity index (χ0) is 19.3. The summed E-state index contributed by atoms with van der Waals surface area (Å²) in [7, 11) is 0. The van der Waals surface area contributed by atoms with E-state index in [4.69, 9.17) is 5.26 Å². The Morgan fingerprint density at radius 2 is 2.22 bits per heavy atom. The molecule has 9 heteroatoms. The Morgan fingerprint density at radius 1 is 1.44 bits per heavy atom. The van der Waals surface area contributed by atoms with Crippen molar-refractivity contribution in [1.82, 2.24) is 4.90 Å². The Kier molecular flexibility index (Phi) is 4.41. The van der Waals surface area contributed by atoms with Crippen molar-refractivity contribution in [2.24, 2.45) is 4.99 Å². The predicted molar refractivity (Wildman–Crippen MR) is 93.4 cm³/mol. The molecule has 0 saturated heterocycles. The van der Waals surface area contributed by atoms with Gasteiger partial charge in [0.05, 0.1) is 16.9 Å². The number of nitrogens with zero attached hydrogens (tertiary/aromatic N) is 3. The number of allylic oxidation sites excluding steroid dienone is 4. The summed E-state index contributed by atoms with van der Waals surface area (Å²) in [4.78, 5) is 5.56. The lowest BCUT2D eigenvalue weighted by Gasteiger charge is -2.39. The van der Waals surface area contributed by atoms with Gasteiger partial charge in [0, 0.05) is 17.8 Å². The first-order chi connectivity index (χ1) is 12.8. The van der Waals surface area contributed by atoms with Crippen LogP contribution in [-0.2, 0) is 4.74 Å². The fraction of sp³-hybridized carbons (Fsp3) is 0.444. The van der Waals surface area contributed by atoms with Crippen molar-refractivity contribution >= 4 is 21.8 Å². The van der Waals surface area contributed by atoms with Crippen molar-refractivity contribution in [3.8, 4) is 6.07 Å². The van der Waals surface area contributed by atoms with Crippen molar-refractivity contribution in [1.29, 1.82) is 5.26 Å². The molecule has 2 aliphatic heterocycles. The summed E-state index contributed by atoms with van der Waals surface area (Å²) in [6.07, 6.45) is 3.75. The van der Waals surface area contributed by atoms with Gasteiger partial charge in [-0.3, -0.25) is 4.99 Å². The molecule has 0 N–H and O–H groups in total. The van der Waals surface area contributed by atoms with Crippen LogP contribution in [-0.4, -0.2) is 40.4 Å². The zero-order valence-corrected chi connectivity index (χ0v) is 15.5. The number of ether oxygens (including phenoxy) is 1. The van der Waals surface area contributed by atoms with E-state index in [1.165, 1.54) is 12.3 Å². The second kappa shape index (κ2) is 6.51. The number of rotatable bonds is 2. The summed E-state index contributed by atoms with van der Waals surface area (Å²) in [6.45, 7) is -2.87. The van der Waals surface area contributed by atoms with Crippen LogP contribution in [0.3, 0.4) is 0 Å². The number of amidine groups is 1. The molecule has 0 amide bonds. The number of fused-ring (bicyclic) bond motifs is 3. The molecule has 0 bridgehead atoms. The van der Waals surface area contributed by atoms with Gasteiger partial charge in [0.15, 0.2) is 11.6 Å². The van der Waals surface area contributed by atoms with E-state index >= 15 is 0 Å². The van der Waals surface area contributed by atoms with E-state index in [-0.39, 0.29) is 35.7 Å². The first kappa shape index (κ1) is 18.3. The van der Waals surface area contributed by atoms with E-state index in [0.717, 1.165) is 0 Å². The normalized spacial score (nSPS) is 32.4. The van der Waals surface area contributed by atoms with Crippen molar-refractivity contribution < 1.29 is 22.3 Å². The summed E-state index contributed by atoms with van der Waals surface area (Å²) in [5.74, 6) is -0.616. The molecule has 3 atom stereocenters. The number of alkyl halides is 4. The Bertz CT molecular complexity index is 886. The zero-order valence-electron chi connectivity index (χ0n) is 13.9. The number of aliphatic imine (C=N–C) groups is 1. The van der Waals surface area contributed by atoms with Crippen molar-refractivity contribution in [3.05, 3.63) is 46.7 Å². The summed E-state index contributed by atoms with van der Waals surface area (Å²) < 4.78 is 59.3. The predicted octanol–water partition coefficient (Wildman–Crippen LogP) is 4.43. The average molecular weight is 444 g/mol. The molecule has 0 aromatic rings. The number of hydrogen-bond donors (Lipinski definition) is 0. The van der Waals surface area contributed by atoms with Crippen molar-refractivity contribution in [2.75, 3.05) is 6.54 Å². The molecule has 1 saturated carbocycles.